The maximum Gasteiger partial charge on any atom is 0.123 e. The summed E-state index contributed by atoms with van der Waals surface area (Å²) < 4.78 is 5.74. The molecule has 1 aromatic rings. The molecule has 2 heteroatoms. The molecular formula is C16H23BrO. The second-order valence-electron chi connectivity index (χ2n) is 6.43. The van der Waals surface area contributed by atoms with Gasteiger partial charge in [0.05, 0.1) is 6.61 Å². The van der Waals surface area contributed by atoms with E-state index in [9.17, 15) is 0 Å². The minimum atomic E-state index is 0.138. The number of hydrogen-bond donors (Lipinski definition) is 0. The number of alkyl halides is 1. The van der Waals surface area contributed by atoms with Gasteiger partial charge < -0.3 is 4.74 Å². The number of ether oxygens (including phenoxy) is 1. The lowest BCUT2D eigenvalue weighted by Gasteiger charge is -2.23. The molecule has 1 heterocycles. The average molecular weight is 311 g/mol. The molecule has 1 aliphatic rings. The van der Waals surface area contributed by atoms with Gasteiger partial charge in [-0.3, -0.25) is 0 Å². The van der Waals surface area contributed by atoms with Gasteiger partial charge in [-0.2, -0.15) is 0 Å². The van der Waals surface area contributed by atoms with Gasteiger partial charge in [0, 0.05) is 15.8 Å². The van der Waals surface area contributed by atoms with Crippen LogP contribution in [0, 0.1) is 11.8 Å². The third-order valence-corrected chi connectivity index (χ3v) is 5.52. The van der Waals surface area contributed by atoms with E-state index in [2.05, 4.69) is 68.7 Å². The fourth-order valence-corrected chi connectivity index (χ4v) is 3.25. The Morgan fingerprint density at radius 3 is 2.50 bits per heavy atom. The number of rotatable bonds is 3. The summed E-state index contributed by atoms with van der Waals surface area (Å²) in [5, 5.41) is 0. The van der Waals surface area contributed by atoms with Crippen LogP contribution in [0.25, 0.3) is 0 Å². The van der Waals surface area contributed by atoms with Crippen LogP contribution in [0.2, 0.25) is 0 Å². The van der Waals surface area contributed by atoms with E-state index in [0.29, 0.717) is 16.7 Å². The average Bonchev–Trinajstić information content (AvgIpc) is 2.63. The summed E-state index contributed by atoms with van der Waals surface area (Å²) in [6.45, 7) is 12.1. The summed E-state index contributed by atoms with van der Waals surface area (Å²) in [5.41, 5.74) is 2.85. The molecule has 0 spiro atoms. The topological polar surface area (TPSA) is 9.23 Å². The third-order valence-electron chi connectivity index (χ3n) is 4.15. The first-order valence-corrected chi connectivity index (χ1v) is 7.66. The van der Waals surface area contributed by atoms with Crippen LogP contribution in [0.15, 0.2) is 18.2 Å². The molecule has 1 aliphatic heterocycles. The van der Waals surface area contributed by atoms with Crippen LogP contribution in [0.1, 0.15) is 50.6 Å². The highest BCUT2D eigenvalue weighted by atomic mass is 79.9. The molecule has 2 unspecified atom stereocenters. The van der Waals surface area contributed by atoms with Gasteiger partial charge in [-0.25, -0.2) is 0 Å². The maximum atomic E-state index is 5.74. The molecule has 2 rings (SSSR count). The van der Waals surface area contributed by atoms with Gasteiger partial charge in [0.15, 0.2) is 0 Å². The van der Waals surface area contributed by atoms with E-state index in [1.54, 1.807) is 0 Å². The molecular weight excluding hydrogens is 288 g/mol. The molecule has 0 radical (unpaired) electrons. The zero-order chi connectivity index (χ0) is 13.5. The van der Waals surface area contributed by atoms with E-state index in [-0.39, 0.29) is 5.41 Å². The molecule has 0 N–H and O–H groups in total. The van der Waals surface area contributed by atoms with Crippen LogP contribution >= 0.6 is 15.9 Å². The molecule has 0 aromatic heterocycles. The molecule has 1 aromatic carbocycles. The van der Waals surface area contributed by atoms with Crippen molar-refractivity contribution in [2.45, 2.75) is 44.9 Å². The zero-order valence-corrected chi connectivity index (χ0v) is 13.5. The summed E-state index contributed by atoms with van der Waals surface area (Å²) in [6.07, 6.45) is 0. The van der Waals surface area contributed by atoms with Gasteiger partial charge in [0.25, 0.3) is 0 Å². The van der Waals surface area contributed by atoms with Gasteiger partial charge in [0.1, 0.15) is 5.75 Å². The number of halogens is 1. The predicted octanol–water partition coefficient (Wildman–Crippen LogP) is 5.08. The third kappa shape index (κ3) is 2.45. The molecule has 0 aliphatic carbocycles. The van der Waals surface area contributed by atoms with Crippen molar-refractivity contribution in [1.29, 1.82) is 0 Å². The van der Waals surface area contributed by atoms with Crippen LogP contribution in [-0.4, -0.2) is 6.61 Å². The Bertz CT molecular complexity index is 437. The molecule has 0 amide bonds. The van der Waals surface area contributed by atoms with E-state index in [1.807, 2.05) is 0 Å². The molecule has 1 nitrogen and oxygen atoms in total. The zero-order valence-electron chi connectivity index (χ0n) is 12.0. The standard InChI is InChI=1S/C16H23BrO/c1-10(2)11(3)15(17)12-6-7-14-13(8-12)16(4,5)9-18-14/h6-8,10-11,15H,9H2,1-5H3. The summed E-state index contributed by atoms with van der Waals surface area (Å²) in [4.78, 5) is 0.416. The number of fused-ring (bicyclic) bond motifs is 1. The van der Waals surface area contributed by atoms with Gasteiger partial charge in [-0.05, 0) is 23.5 Å². The summed E-state index contributed by atoms with van der Waals surface area (Å²) in [7, 11) is 0. The van der Waals surface area contributed by atoms with Crippen molar-refractivity contribution in [3.63, 3.8) is 0 Å². The van der Waals surface area contributed by atoms with Crippen molar-refractivity contribution >= 4 is 15.9 Å². The fourth-order valence-electron chi connectivity index (χ4n) is 2.35. The molecule has 0 saturated carbocycles. The second kappa shape index (κ2) is 4.88. The van der Waals surface area contributed by atoms with Crippen molar-refractivity contribution in [3.8, 4) is 5.75 Å². The van der Waals surface area contributed by atoms with Crippen LogP contribution in [-0.2, 0) is 5.41 Å². The van der Waals surface area contributed by atoms with Crippen LogP contribution in [0.5, 0.6) is 5.75 Å². The van der Waals surface area contributed by atoms with Gasteiger partial charge >= 0.3 is 0 Å². The highest BCUT2D eigenvalue weighted by Crippen LogP contribution is 2.42. The van der Waals surface area contributed by atoms with Crippen molar-refractivity contribution in [2.75, 3.05) is 6.61 Å². The first-order valence-electron chi connectivity index (χ1n) is 6.74. The summed E-state index contributed by atoms with van der Waals surface area (Å²) >= 11 is 3.86. The highest BCUT2D eigenvalue weighted by Gasteiger charge is 2.32. The van der Waals surface area contributed by atoms with Crippen molar-refractivity contribution in [3.05, 3.63) is 29.3 Å². The highest BCUT2D eigenvalue weighted by molar-refractivity contribution is 9.09. The molecule has 0 bridgehead atoms. The first-order chi connectivity index (χ1) is 8.33. The van der Waals surface area contributed by atoms with E-state index >= 15 is 0 Å². The maximum absolute atomic E-state index is 5.74. The lowest BCUT2D eigenvalue weighted by atomic mass is 9.84. The fraction of sp³-hybridized carbons (Fsp3) is 0.625. The first kappa shape index (κ1) is 13.9. The Balaban J connectivity index is 2.32. The van der Waals surface area contributed by atoms with Crippen LogP contribution in [0.4, 0.5) is 0 Å². The van der Waals surface area contributed by atoms with Crippen molar-refractivity contribution in [1.82, 2.24) is 0 Å². The van der Waals surface area contributed by atoms with Crippen molar-refractivity contribution < 1.29 is 4.74 Å². The quantitative estimate of drug-likeness (QED) is 0.707. The largest absolute Gasteiger partial charge is 0.492 e. The molecule has 100 valence electrons. The Labute approximate surface area is 119 Å². The minimum absolute atomic E-state index is 0.138. The molecule has 0 saturated heterocycles. The van der Waals surface area contributed by atoms with E-state index < -0.39 is 0 Å². The number of hydrogen-bond acceptors (Lipinski definition) is 1. The van der Waals surface area contributed by atoms with E-state index in [1.165, 1.54) is 11.1 Å². The van der Waals surface area contributed by atoms with Crippen LogP contribution < -0.4 is 4.74 Å². The van der Waals surface area contributed by atoms with Gasteiger partial charge in [0.2, 0.25) is 0 Å². The summed E-state index contributed by atoms with van der Waals surface area (Å²) in [6, 6.07) is 6.64. The van der Waals surface area contributed by atoms with E-state index in [0.717, 1.165) is 12.4 Å². The lowest BCUT2D eigenvalue weighted by molar-refractivity contribution is 0.291. The predicted molar refractivity (Wildman–Crippen MR) is 80.6 cm³/mol. The van der Waals surface area contributed by atoms with Gasteiger partial charge in [-0.15, -0.1) is 0 Å². The lowest BCUT2D eigenvalue weighted by Crippen LogP contribution is -2.18. The summed E-state index contributed by atoms with van der Waals surface area (Å²) in [5.74, 6) is 2.35. The van der Waals surface area contributed by atoms with Crippen LogP contribution in [0.3, 0.4) is 0 Å². The SMILES string of the molecule is CC(C)C(C)C(Br)c1ccc2c(c1)C(C)(C)CO2. The van der Waals surface area contributed by atoms with E-state index in [4.69, 9.17) is 4.74 Å². The van der Waals surface area contributed by atoms with Gasteiger partial charge in [-0.1, -0.05) is 62.7 Å². The molecule has 0 fully saturated rings. The second-order valence-corrected chi connectivity index (χ2v) is 7.42. The Kier molecular flexibility index (Phi) is 3.77. The number of benzene rings is 1. The Morgan fingerprint density at radius 1 is 1.22 bits per heavy atom. The Morgan fingerprint density at radius 2 is 1.89 bits per heavy atom. The smallest absolute Gasteiger partial charge is 0.123 e. The molecule has 18 heavy (non-hydrogen) atoms. The normalized spacial score (nSPS) is 20.4. The minimum Gasteiger partial charge on any atom is -0.492 e. The van der Waals surface area contributed by atoms with Crippen molar-refractivity contribution in [2.24, 2.45) is 11.8 Å². The Hall–Kier alpha value is -0.500. The monoisotopic (exact) mass is 310 g/mol. The molecule has 2 atom stereocenters.